The second-order valence-corrected chi connectivity index (χ2v) is 6.10. The van der Waals surface area contributed by atoms with Gasteiger partial charge in [0.2, 0.25) is 0 Å². The number of hydrogen-bond acceptors (Lipinski definition) is 4. The summed E-state index contributed by atoms with van der Waals surface area (Å²) in [6.07, 6.45) is 1.65. The van der Waals surface area contributed by atoms with Gasteiger partial charge < -0.3 is 9.64 Å². The van der Waals surface area contributed by atoms with Crippen LogP contribution in [-0.4, -0.2) is 30.3 Å². The van der Waals surface area contributed by atoms with Gasteiger partial charge in [0.15, 0.2) is 5.13 Å². The Labute approximate surface area is 124 Å². The van der Waals surface area contributed by atoms with Gasteiger partial charge in [-0.3, -0.25) is 0 Å². The fraction of sp³-hybridized carbons (Fsp3) is 0.438. The van der Waals surface area contributed by atoms with Gasteiger partial charge in [0.05, 0.1) is 17.9 Å². The lowest BCUT2D eigenvalue weighted by Gasteiger charge is -2.36. The van der Waals surface area contributed by atoms with E-state index in [4.69, 9.17) is 9.72 Å². The maximum absolute atomic E-state index is 5.91. The molecule has 3 nitrogen and oxygen atoms in total. The number of thiazole rings is 1. The molecule has 1 saturated heterocycles. The molecule has 0 bridgehead atoms. The molecular weight excluding hydrogens is 268 g/mol. The third-order valence-electron chi connectivity index (χ3n) is 3.61. The molecule has 2 atom stereocenters. The summed E-state index contributed by atoms with van der Waals surface area (Å²) < 4.78 is 5.91. The van der Waals surface area contributed by atoms with Gasteiger partial charge in [-0.2, -0.15) is 0 Å². The topological polar surface area (TPSA) is 25.4 Å². The van der Waals surface area contributed by atoms with Crippen molar-refractivity contribution >= 4 is 16.5 Å². The minimum atomic E-state index is 0.276. The quantitative estimate of drug-likeness (QED) is 0.858. The molecule has 0 spiro atoms. The normalized spacial score (nSPS) is 23.0. The average Bonchev–Trinajstić information content (AvgIpc) is 2.97. The molecule has 1 aromatic carbocycles. The fourth-order valence-corrected chi connectivity index (χ4v) is 3.43. The van der Waals surface area contributed by atoms with Gasteiger partial charge in [-0.15, -0.1) is 11.3 Å². The molecule has 3 rings (SSSR count). The first-order valence-electron chi connectivity index (χ1n) is 7.17. The molecule has 0 radical (unpaired) electrons. The highest BCUT2D eigenvalue weighted by Crippen LogP contribution is 2.29. The van der Waals surface area contributed by atoms with Crippen LogP contribution in [0.25, 0.3) is 11.3 Å². The summed E-state index contributed by atoms with van der Waals surface area (Å²) in [5.74, 6) is 0. The fourth-order valence-electron chi connectivity index (χ4n) is 2.58. The molecule has 0 amide bonds. The highest BCUT2D eigenvalue weighted by molar-refractivity contribution is 7.14. The van der Waals surface area contributed by atoms with Gasteiger partial charge >= 0.3 is 0 Å². The van der Waals surface area contributed by atoms with Crippen LogP contribution < -0.4 is 4.90 Å². The predicted octanol–water partition coefficient (Wildman–Crippen LogP) is 3.81. The van der Waals surface area contributed by atoms with Crippen molar-refractivity contribution in [3.05, 3.63) is 35.7 Å². The summed E-state index contributed by atoms with van der Waals surface area (Å²) in [7, 11) is 0. The monoisotopic (exact) mass is 288 g/mol. The zero-order chi connectivity index (χ0) is 13.9. The molecule has 106 valence electrons. The summed E-state index contributed by atoms with van der Waals surface area (Å²) in [4.78, 5) is 7.16. The average molecular weight is 288 g/mol. The van der Waals surface area contributed by atoms with Crippen molar-refractivity contribution in [1.82, 2.24) is 4.98 Å². The molecule has 4 heteroatoms. The lowest BCUT2D eigenvalue weighted by Crippen LogP contribution is -2.46. The number of morpholine rings is 1. The Hall–Kier alpha value is -1.39. The number of aromatic nitrogens is 1. The van der Waals surface area contributed by atoms with E-state index in [1.165, 1.54) is 5.56 Å². The maximum Gasteiger partial charge on any atom is 0.186 e. The third kappa shape index (κ3) is 2.86. The first-order valence-corrected chi connectivity index (χ1v) is 8.05. The van der Waals surface area contributed by atoms with Gasteiger partial charge in [-0.25, -0.2) is 4.98 Å². The number of anilines is 1. The van der Waals surface area contributed by atoms with Crippen LogP contribution in [0, 0.1) is 0 Å². The van der Waals surface area contributed by atoms with E-state index in [1.54, 1.807) is 11.3 Å². The largest absolute Gasteiger partial charge is 0.372 e. The van der Waals surface area contributed by atoms with Crippen LogP contribution >= 0.6 is 11.3 Å². The Balaban J connectivity index is 1.79. The summed E-state index contributed by atoms with van der Waals surface area (Å²) >= 11 is 1.72. The SMILES string of the molecule is CCC1CN(c2nc(-c3ccccc3)cs2)CC(C)O1. The molecule has 0 aliphatic carbocycles. The molecule has 2 unspecified atom stereocenters. The Kier molecular flexibility index (Phi) is 4.03. The molecular formula is C16H20N2OS. The van der Waals surface area contributed by atoms with Gasteiger partial charge in [-0.1, -0.05) is 37.3 Å². The second kappa shape index (κ2) is 5.94. The highest BCUT2D eigenvalue weighted by Gasteiger charge is 2.25. The lowest BCUT2D eigenvalue weighted by molar-refractivity contribution is -0.0172. The molecule has 20 heavy (non-hydrogen) atoms. The van der Waals surface area contributed by atoms with Gasteiger partial charge in [0, 0.05) is 24.0 Å². The Bertz CT molecular complexity index is 555. The van der Waals surface area contributed by atoms with E-state index in [0.717, 1.165) is 30.3 Å². The van der Waals surface area contributed by atoms with Crippen molar-refractivity contribution in [2.45, 2.75) is 32.5 Å². The number of ether oxygens (including phenoxy) is 1. The summed E-state index contributed by atoms with van der Waals surface area (Å²) in [5, 5.41) is 3.25. The zero-order valence-electron chi connectivity index (χ0n) is 12.0. The minimum absolute atomic E-state index is 0.276. The van der Waals surface area contributed by atoms with E-state index in [2.05, 4.69) is 48.4 Å². The summed E-state index contributed by atoms with van der Waals surface area (Å²) in [6, 6.07) is 10.4. The Morgan fingerprint density at radius 1 is 1.30 bits per heavy atom. The van der Waals surface area contributed by atoms with E-state index in [-0.39, 0.29) is 6.10 Å². The van der Waals surface area contributed by atoms with E-state index < -0.39 is 0 Å². The van der Waals surface area contributed by atoms with Crippen molar-refractivity contribution in [3.63, 3.8) is 0 Å². The van der Waals surface area contributed by atoms with E-state index in [0.29, 0.717) is 6.10 Å². The second-order valence-electron chi connectivity index (χ2n) is 5.26. The Morgan fingerprint density at radius 2 is 2.10 bits per heavy atom. The summed E-state index contributed by atoms with van der Waals surface area (Å²) in [6.45, 7) is 6.19. The van der Waals surface area contributed by atoms with Crippen molar-refractivity contribution in [2.24, 2.45) is 0 Å². The van der Waals surface area contributed by atoms with Crippen LogP contribution in [-0.2, 0) is 4.74 Å². The van der Waals surface area contributed by atoms with Gasteiger partial charge in [0.25, 0.3) is 0 Å². The molecule has 1 fully saturated rings. The molecule has 1 aromatic heterocycles. The van der Waals surface area contributed by atoms with Crippen molar-refractivity contribution in [2.75, 3.05) is 18.0 Å². The first-order chi connectivity index (χ1) is 9.76. The lowest BCUT2D eigenvalue weighted by atomic mass is 10.2. The standard InChI is InChI=1S/C16H20N2OS/c1-3-14-10-18(9-12(2)19-14)16-17-15(11-20-16)13-7-5-4-6-8-13/h4-8,11-12,14H,3,9-10H2,1-2H3. The highest BCUT2D eigenvalue weighted by atomic mass is 32.1. The van der Waals surface area contributed by atoms with E-state index in [9.17, 15) is 0 Å². The summed E-state index contributed by atoms with van der Waals surface area (Å²) in [5.41, 5.74) is 2.25. The number of benzene rings is 1. The van der Waals surface area contributed by atoms with Crippen LogP contribution in [0.4, 0.5) is 5.13 Å². The zero-order valence-corrected chi connectivity index (χ0v) is 12.8. The van der Waals surface area contributed by atoms with Crippen LogP contribution in [0.1, 0.15) is 20.3 Å². The van der Waals surface area contributed by atoms with Gasteiger partial charge in [-0.05, 0) is 13.3 Å². The molecule has 0 saturated carbocycles. The van der Waals surface area contributed by atoms with E-state index in [1.807, 2.05) is 6.07 Å². The van der Waals surface area contributed by atoms with Crippen molar-refractivity contribution in [3.8, 4) is 11.3 Å². The van der Waals surface area contributed by atoms with Crippen LogP contribution in [0.5, 0.6) is 0 Å². The number of hydrogen-bond donors (Lipinski definition) is 0. The predicted molar refractivity (Wildman–Crippen MR) is 84.4 cm³/mol. The molecule has 1 aliphatic rings. The smallest absolute Gasteiger partial charge is 0.186 e. The van der Waals surface area contributed by atoms with Crippen LogP contribution in [0.15, 0.2) is 35.7 Å². The maximum atomic E-state index is 5.91. The Morgan fingerprint density at radius 3 is 2.85 bits per heavy atom. The van der Waals surface area contributed by atoms with Crippen LogP contribution in [0.2, 0.25) is 0 Å². The van der Waals surface area contributed by atoms with Gasteiger partial charge in [0.1, 0.15) is 0 Å². The number of nitrogens with zero attached hydrogens (tertiary/aromatic N) is 2. The molecule has 0 N–H and O–H groups in total. The molecule has 1 aliphatic heterocycles. The van der Waals surface area contributed by atoms with Crippen LogP contribution in [0.3, 0.4) is 0 Å². The molecule has 2 heterocycles. The first kappa shape index (κ1) is 13.6. The minimum Gasteiger partial charge on any atom is -0.372 e. The van der Waals surface area contributed by atoms with Crippen molar-refractivity contribution in [1.29, 1.82) is 0 Å². The van der Waals surface area contributed by atoms with E-state index >= 15 is 0 Å². The van der Waals surface area contributed by atoms with Crippen molar-refractivity contribution < 1.29 is 4.74 Å². The molecule has 2 aromatic rings. The third-order valence-corrected chi connectivity index (χ3v) is 4.52. The number of rotatable bonds is 3.